The molecule has 1 heterocycles. The Hall–Kier alpha value is -2.04. The molecule has 26 heavy (non-hydrogen) atoms. The zero-order valence-corrected chi connectivity index (χ0v) is 18.1. The summed E-state index contributed by atoms with van der Waals surface area (Å²) in [6, 6.07) is 5.94. The van der Waals surface area contributed by atoms with Crippen molar-refractivity contribution in [3.63, 3.8) is 0 Å². The molecule has 0 atom stereocenters. The molecule has 0 saturated heterocycles. The highest BCUT2D eigenvalue weighted by Crippen LogP contribution is 2.27. The number of nitrogens with one attached hydrogen (secondary N) is 1. The van der Waals surface area contributed by atoms with Gasteiger partial charge in [-0.15, -0.1) is 24.0 Å². The van der Waals surface area contributed by atoms with Crippen LogP contribution in [0.3, 0.4) is 0 Å². The molecule has 0 bridgehead atoms. The maximum atomic E-state index is 5.34. The molecule has 8 nitrogen and oxygen atoms in total. The summed E-state index contributed by atoms with van der Waals surface area (Å²) in [5.41, 5.74) is 1.16. The maximum Gasteiger partial charge on any atom is 0.223 e. The van der Waals surface area contributed by atoms with Gasteiger partial charge < -0.3 is 24.2 Å². The minimum atomic E-state index is 0. The summed E-state index contributed by atoms with van der Waals surface area (Å²) in [6.07, 6.45) is 0.846. The number of hydrogen-bond donors (Lipinski definition) is 1. The molecule has 0 aliphatic carbocycles. The van der Waals surface area contributed by atoms with E-state index in [0.29, 0.717) is 18.3 Å². The second kappa shape index (κ2) is 10.8. The third-order valence-electron chi connectivity index (χ3n) is 3.73. The molecule has 0 spiro atoms. The van der Waals surface area contributed by atoms with Crippen LogP contribution in [0.4, 0.5) is 0 Å². The second-order valence-corrected chi connectivity index (χ2v) is 5.49. The van der Waals surface area contributed by atoms with Gasteiger partial charge >= 0.3 is 0 Å². The van der Waals surface area contributed by atoms with Gasteiger partial charge in [-0.2, -0.15) is 4.98 Å². The normalized spacial score (nSPS) is 10.9. The lowest BCUT2D eigenvalue weighted by Gasteiger charge is -2.21. The van der Waals surface area contributed by atoms with E-state index >= 15 is 0 Å². The van der Waals surface area contributed by atoms with E-state index in [4.69, 9.17) is 14.0 Å². The van der Waals surface area contributed by atoms with Crippen LogP contribution in [-0.2, 0) is 13.0 Å². The Morgan fingerprint density at radius 3 is 2.58 bits per heavy atom. The maximum absolute atomic E-state index is 5.34. The quantitative estimate of drug-likeness (QED) is 0.374. The van der Waals surface area contributed by atoms with Crippen molar-refractivity contribution in [1.29, 1.82) is 0 Å². The van der Waals surface area contributed by atoms with E-state index in [9.17, 15) is 0 Å². The van der Waals surface area contributed by atoms with Gasteiger partial charge in [-0.3, -0.25) is 4.99 Å². The minimum Gasteiger partial charge on any atom is -0.493 e. The van der Waals surface area contributed by atoms with Crippen molar-refractivity contribution in [3.05, 3.63) is 35.5 Å². The number of hydrogen-bond acceptors (Lipinski definition) is 6. The van der Waals surface area contributed by atoms with Crippen LogP contribution >= 0.6 is 24.0 Å². The largest absolute Gasteiger partial charge is 0.493 e. The smallest absolute Gasteiger partial charge is 0.223 e. The number of methoxy groups -OCH3 is 2. The zero-order chi connectivity index (χ0) is 18.2. The van der Waals surface area contributed by atoms with Crippen LogP contribution in [0.25, 0.3) is 0 Å². The Balaban J connectivity index is 0.00000338. The Labute approximate surface area is 171 Å². The van der Waals surface area contributed by atoms with Crippen molar-refractivity contribution in [3.8, 4) is 11.5 Å². The fourth-order valence-electron chi connectivity index (χ4n) is 2.39. The molecule has 0 aliphatic rings. The van der Waals surface area contributed by atoms with E-state index < -0.39 is 0 Å². The zero-order valence-electron chi connectivity index (χ0n) is 15.8. The molecule has 9 heteroatoms. The predicted octanol–water partition coefficient (Wildman–Crippen LogP) is 2.26. The molecule has 1 aromatic carbocycles. The van der Waals surface area contributed by atoms with Gasteiger partial charge in [0.1, 0.15) is 0 Å². The number of aliphatic imine (C=N–C) groups is 1. The second-order valence-electron chi connectivity index (χ2n) is 5.49. The van der Waals surface area contributed by atoms with Crippen LogP contribution in [0.15, 0.2) is 27.7 Å². The Morgan fingerprint density at radius 2 is 2.00 bits per heavy atom. The van der Waals surface area contributed by atoms with Gasteiger partial charge in [0.05, 0.1) is 20.8 Å². The first kappa shape index (κ1) is 22.0. The van der Waals surface area contributed by atoms with E-state index in [-0.39, 0.29) is 24.0 Å². The number of ether oxygens (including phenoxy) is 2. The highest BCUT2D eigenvalue weighted by molar-refractivity contribution is 14.0. The number of aromatic nitrogens is 2. The van der Waals surface area contributed by atoms with Gasteiger partial charge in [0, 0.05) is 27.6 Å². The lowest BCUT2D eigenvalue weighted by molar-refractivity contribution is 0.354. The highest BCUT2D eigenvalue weighted by Gasteiger charge is 2.10. The first-order valence-corrected chi connectivity index (χ1v) is 7.99. The number of nitrogens with zero attached hydrogens (tertiary/aromatic N) is 4. The van der Waals surface area contributed by atoms with Gasteiger partial charge in [0.25, 0.3) is 0 Å². The average molecular weight is 475 g/mol. The molecule has 0 unspecified atom stereocenters. The monoisotopic (exact) mass is 475 g/mol. The van der Waals surface area contributed by atoms with Gasteiger partial charge in [-0.1, -0.05) is 11.2 Å². The van der Waals surface area contributed by atoms with Crippen molar-refractivity contribution >= 4 is 29.9 Å². The van der Waals surface area contributed by atoms with E-state index in [0.717, 1.165) is 36.0 Å². The first-order chi connectivity index (χ1) is 12.1. The van der Waals surface area contributed by atoms with Crippen LogP contribution in [0, 0.1) is 6.92 Å². The molecule has 2 rings (SSSR count). The summed E-state index contributed by atoms with van der Waals surface area (Å²) in [7, 11) is 7.00. The van der Waals surface area contributed by atoms with E-state index in [1.54, 1.807) is 28.2 Å². The number of rotatable bonds is 7. The molecule has 0 aliphatic heterocycles. The molecule has 1 N–H and O–H groups in total. The molecular formula is C17H26IN5O3. The molecule has 2 aromatic rings. The van der Waals surface area contributed by atoms with Crippen molar-refractivity contribution in [1.82, 2.24) is 20.4 Å². The summed E-state index contributed by atoms with van der Waals surface area (Å²) in [4.78, 5) is 10.5. The van der Waals surface area contributed by atoms with Crippen LogP contribution in [-0.4, -0.2) is 55.9 Å². The lowest BCUT2D eigenvalue weighted by atomic mass is 10.1. The molecule has 144 valence electrons. The summed E-state index contributed by atoms with van der Waals surface area (Å²) in [5.74, 6) is 3.38. The van der Waals surface area contributed by atoms with Crippen LogP contribution < -0.4 is 14.8 Å². The summed E-state index contributed by atoms with van der Waals surface area (Å²) in [6.45, 7) is 3.02. The fraction of sp³-hybridized carbons (Fsp3) is 0.471. The average Bonchev–Trinajstić information content (AvgIpc) is 3.05. The van der Waals surface area contributed by atoms with Crippen molar-refractivity contribution in [2.24, 2.45) is 4.99 Å². The number of aryl methyl sites for hydroxylation is 1. The number of guanidine groups is 1. The van der Waals surface area contributed by atoms with E-state index in [1.165, 1.54) is 0 Å². The topological polar surface area (TPSA) is 85.0 Å². The Kier molecular flexibility index (Phi) is 9.17. The summed E-state index contributed by atoms with van der Waals surface area (Å²) >= 11 is 0. The van der Waals surface area contributed by atoms with Crippen LogP contribution in [0.1, 0.15) is 17.3 Å². The third kappa shape index (κ3) is 6.04. The predicted molar refractivity (Wildman–Crippen MR) is 111 cm³/mol. The first-order valence-electron chi connectivity index (χ1n) is 7.99. The van der Waals surface area contributed by atoms with Gasteiger partial charge in [-0.05, 0) is 24.1 Å². The van der Waals surface area contributed by atoms with Gasteiger partial charge in [0.15, 0.2) is 23.3 Å². The third-order valence-corrected chi connectivity index (χ3v) is 3.73. The van der Waals surface area contributed by atoms with E-state index in [1.807, 2.05) is 30.1 Å². The van der Waals surface area contributed by atoms with Crippen molar-refractivity contribution in [2.45, 2.75) is 19.9 Å². The number of benzene rings is 1. The summed E-state index contributed by atoms with van der Waals surface area (Å²) in [5, 5.41) is 7.08. The molecule has 0 saturated carbocycles. The number of likely N-dealkylation sites (N-methyl/N-ethyl adjacent to an activating group) is 1. The molecule has 0 radical (unpaired) electrons. The fourth-order valence-corrected chi connectivity index (χ4v) is 2.39. The highest BCUT2D eigenvalue weighted by atomic mass is 127. The minimum absolute atomic E-state index is 0. The van der Waals surface area contributed by atoms with Crippen LogP contribution in [0.2, 0.25) is 0 Å². The summed E-state index contributed by atoms with van der Waals surface area (Å²) < 4.78 is 15.6. The number of halogens is 1. The molecule has 0 fully saturated rings. The van der Waals surface area contributed by atoms with E-state index in [2.05, 4.69) is 20.4 Å². The van der Waals surface area contributed by atoms with Crippen molar-refractivity contribution in [2.75, 3.05) is 34.9 Å². The van der Waals surface area contributed by atoms with Crippen molar-refractivity contribution < 1.29 is 14.0 Å². The molecule has 0 amide bonds. The van der Waals surface area contributed by atoms with Crippen LogP contribution in [0.5, 0.6) is 11.5 Å². The molecular weight excluding hydrogens is 449 g/mol. The van der Waals surface area contributed by atoms with Gasteiger partial charge in [0.2, 0.25) is 5.89 Å². The van der Waals surface area contributed by atoms with Gasteiger partial charge in [-0.25, -0.2) is 0 Å². The Bertz CT molecular complexity index is 720. The molecule has 1 aromatic heterocycles. The lowest BCUT2D eigenvalue weighted by Crippen LogP contribution is -2.39. The Morgan fingerprint density at radius 1 is 1.27 bits per heavy atom. The SMILES string of the molecule is CN=C(NCc1noc(C)n1)N(C)CCc1ccc(OC)c(OC)c1.I. The standard InChI is InChI=1S/C17H25N5O3.HI/c1-12-20-16(21-25-12)11-19-17(18-2)22(3)9-8-13-6-7-14(23-4)15(10-13)24-5;/h6-7,10H,8-9,11H2,1-5H3,(H,18,19);1H.